The van der Waals surface area contributed by atoms with Crippen LogP contribution in [0.4, 0.5) is 0 Å². The Hall–Kier alpha value is 0. The molecule has 0 unspecified atom stereocenters. The van der Waals surface area contributed by atoms with Crippen LogP contribution in [0.1, 0.15) is 167 Å². The van der Waals surface area contributed by atoms with Gasteiger partial charge in [-0.05, 0) is 55.8 Å². The summed E-state index contributed by atoms with van der Waals surface area (Å²) in [6, 6.07) is 0. The Labute approximate surface area is 177 Å². The van der Waals surface area contributed by atoms with E-state index in [-0.39, 0.29) is 14.9 Å². The third-order valence-electron chi connectivity index (χ3n) is 6.21. The quantitative estimate of drug-likeness (QED) is 0.262. The summed E-state index contributed by atoms with van der Waals surface area (Å²) >= 11 is 0. The number of rotatable bonds is 15. The summed E-state index contributed by atoms with van der Waals surface area (Å²) < 4.78 is 0. The van der Waals surface area contributed by atoms with Crippen molar-refractivity contribution in [2.45, 2.75) is 167 Å². The molecular weight excluding hydrogens is 324 g/mol. The summed E-state index contributed by atoms with van der Waals surface area (Å²) in [7, 11) is 0. The molecule has 0 amide bonds. The Kier molecular flexibility index (Phi) is 28.5. The van der Waals surface area contributed by atoms with Gasteiger partial charge >= 0.3 is 0 Å². The van der Waals surface area contributed by atoms with E-state index < -0.39 is 0 Å². The normalized spacial score (nSPS) is 11.1. The Morgan fingerprint density at radius 1 is 0.333 bits per heavy atom. The SMILES string of the molecule is C.C.CCCC(CC)(CCC)CCC.CCCC(CCC)(CCC)CCC. The van der Waals surface area contributed by atoms with Gasteiger partial charge in [0.15, 0.2) is 0 Å². The molecule has 170 valence electrons. The monoisotopic (exact) mass is 386 g/mol. The van der Waals surface area contributed by atoms with Gasteiger partial charge in [-0.2, -0.15) is 0 Å². The molecule has 0 aliphatic rings. The van der Waals surface area contributed by atoms with Gasteiger partial charge in [0, 0.05) is 0 Å². The van der Waals surface area contributed by atoms with Crippen LogP contribution >= 0.6 is 0 Å². The molecule has 0 aliphatic heterocycles. The minimum absolute atomic E-state index is 0. The second kappa shape index (κ2) is 22.3. The van der Waals surface area contributed by atoms with E-state index in [9.17, 15) is 0 Å². The highest BCUT2D eigenvalue weighted by Gasteiger charge is 2.26. The minimum Gasteiger partial charge on any atom is -0.0776 e. The van der Waals surface area contributed by atoms with Gasteiger partial charge in [-0.25, -0.2) is 0 Å². The lowest BCUT2D eigenvalue weighted by Crippen LogP contribution is -2.20. The lowest BCUT2D eigenvalue weighted by molar-refractivity contribution is 0.190. The molecule has 0 atom stereocenters. The van der Waals surface area contributed by atoms with Gasteiger partial charge in [0.2, 0.25) is 0 Å². The third kappa shape index (κ3) is 15.6. The summed E-state index contributed by atoms with van der Waals surface area (Å²) in [5.41, 5.74) is 1.39. The first-order chi connectivity index (χ1) is 12.0. The maximum absolute atomic E-state index is 2.36. The second-order valence-corrected chi connectivity index (χ2v) is 8.60. The van der Waals surface area contributed by atoms with Crippen LogP contribution in [0, 0.1) is 10.8 Å². The molecule has 0 spiro atoms. The molecule has 27 heavy (non-hydrogen) atoms. The fourth-order valence-electron chi connectivity index (χ4n) is 5.37. The fourth-order valence-corrected chi connectivity index (χ4v) is 5.37. The zero-order valence-corrected chi connectivity index (χ0v) is 19.6. The van der Waals surface area contributed by atoms with Crippen molar-refractivity contribution in [1.82, 2.24) is 0 Å². The van der Waals surface area contributed by atoms with Crippen molar-refractivity contribution in [1.29, 1.82) is 0 Å². The molecular formula is C27H62. The van der Waals surface area contributed by atoms with E-state index in [0.717, 1.165) is 0 Å². The lowest BCUT2D eigenvalue weighted by atomic mass is 9.72. The molecule has 0 fully saturated rings. The fraction of sp³-hybridized carbons (Fsp3) is 1.00. The smallest absolute Gasteiger partial charge is 0.0298 e. The van der Waals surface area contributed by atoms with Gasteiger partial charge in [0.25, 0.3) is 0 Å². The maximum atomic E-state index is 2.36. The Morgan fingerprint density at radius 3 is 0.667 bits per heavy atom. The average molecular weight is 387 g/mol. The van der Waals surface area contributed by atoms with Crippen LogP contribution in [0.2, 0.25) is 0 Å². The highest BCUT2D eigenvalue weighted by molar-refractivity contribution is 4.78. The molecule has 0 aromatic heterocycles. The van der Waals surface area contributed by atoms with E-state index in [1.807, 2.05) is 0 Å². The van der Waals surface area contributed by atoms with Crippen molar-refractivity contribution in [2.24, 2.45) is 10.8 Å². The third-order valence-corrected chi connectivity index (χ3v) is 6.21. The van der Waals surface area contributed by atoms with E-state index in [4.69, 9.17) is 0 Å². The number of hydrogen-bond donors (Lipinski definition) is 0. The standard InChI is InChI=1S/C13H28.C12H26.2CH4/c1-5-9-13(10-6-2,11-7-3)12-8-4;1-5-9-12(8-4,10-6-2)11-7-3;;/h5-12H2,1-4H3;5-11H2,1-4H3;2*1H4. The zero-order valence-electron chi connectivity index (χ0n) is 19.6. The Morgan fingerprint density at radius 2 is 0.519 bits per heavy atom. The summed E-state index contributed by atoms with van der Waals surface area (Å²) in [5.74, 6) is 0. The van der Waals surface area contributed by atoms with Crippen molar-refractivity contribution < 1.29 is 0 Å². The first-order valence-corrected chi connectivity index (χ1v) is 12.0. The largest absolute Gasteiger partial charge is 0.0776 e. The highest BCUT2D eigenvalue weighted by Crippen LogP contribution is 2.39. The van der Waals surface area contributed by atoms with E-state index >= 15 is 0 Å². The van der Waals surface area contributed by atoms with Gasteiger partial charge in [-0.1, -0.05) is 122 Å². The summed E-state index contributed by atoms with van der Waals surface area (Å²) in [4.78, 5) is 0. The molecule has 0 radical (unpaired) electrons. The van der Waals surface area contributed by atoms with E-state index in [1.165, 1.54) is 96.3 Å². The van der Waals surface area contributed by atoms with E-state index in [0.29, 0.717) is 10.8 Å². The van der Waals surface area contributed by atoms with Gasteiger partial charge in [-0.3, -0.25) is 0 Å². The number of hydrogen-bond acceptors (Lipinski definition) is 0. The van der Waals surface area contributed by atoms with Crippen molar-refractivity contribution in [3.8, 4) is 0 Å². The lowest BCUT2D eigenvalue weighted by Gasteiger charge is -2.33. The summed E-state index contributed by atoms with van der Waals surface area (Å²) in [6.07, 6.45) is 21.0. The van der Waals surface area contributed by atoms with Gasteiger partial charge in [0.05, 0.1) is 0 Å². The minimum atomic E-state index is 0. The van der Waals surface area contributed by atoms with Gasteiger partial charge in [0.1, 0.15) is 0 Å². The predicted octanol–water partition coefficient (Wildman–Crippen LogP) is 11.2. The maximum Gasteiger partial charge on any atom is -0.0298 e. The molecule has 0 bridgehead atoms. The van der Waals surface area contributed by atoms with E-state index in [2.05, 4.69) is 55.4 Å². The second-order valence-electron chi connectivity index (χ2n) is 8.60. The van der Waals surface area contributed by atoms with Crippen LogP contribution in [0.25, 0.3) is 0 Å². The zero-order chi connectivity index (χ0) is 19.6. The molecule has 0 N–H and O–H groups in total. The van der Waals surface area contributed by atoms with Crippen LogP contribution in [-0.2, 0) is 0 Å². The molecule has 0 aromatic rings. The van der Waals surface area contributed by atoms with Crippen molar-refractivity contribution in [3.63, 3.8) is 0 Å². The molecule has 0 heterocycles. The summed E-state index contributed by atoms with van der Waals surface area (Å²) in [6.45, 7) is 18.6. The molecule has 0 aliphatic carbocycles. The first kappa shape index (κ1) is 34.5. The van der Waals surface area contributed by atoms with Crippen LogP contribution in [0.15, 0.2) is 0 Å². The van der Waals surface area contributed by atoms with Crippen LogP contribution in [0.3, 0.4) is 0 Å². The van der Waals surface area contributed by atoms with Crippen LogP contribution in [-0.4, -0.2) is 0 Å². The van der Waals surface area contributed by atoms with Crippen molar-refractivity contribution >= 4 is 0 Å². The molecule has 0 nitrogen and oxygen atoms in total. The molecule has 0 heteroatoms. The van der Waals surface area contributed by atoms with Crippen LogP contribution in [0.5, 0.6) is 0 Å². The topological polar surface area (TPSA) is 0 Å². The average Bonchev–Trinajstić information content (AvgIpc) is 2.57. The predicted molar refractivity (Wildman–Crippen MR) is 133 cm³/mol. The summed E-state index contributed by atoms with van der Waals surface area (Å²) in [5, 5.41) is 0. The van der Waals surface area contributed by atoms with E-state index in [1.54, 1.807) is 0 Å². The van der Waals surface area contributed by atoms with Crippen molar-refractivity contribution in [2.75, 3.05) is 0 Å². The highest BCUT2D eigenvalue weighted by atomic mass is 14.3. The first-order valence-electron chi connectivity index (χ1n) is 12.0. The van der Waals surface area contributed by atoms with Gasteiger partial charge in [-0.15, -0.1) is 0 Å². The Balaban J connectivity index is -0.000000183. The van der Waals surface area contributed by atoms with Gasteiger partial charge < -0.3 is 0 Å². The molecule has 0 rings (SSSR count). The molecule has 0 saturated carbocycles. The van der Waals surface area contributed by atoms with Crippen LogP contribution < -0.4 is 0 Å². The Bertz CT molecular complexity index is 206. The molecule has 0 saturated heterocycles. The van der Waals surface area contributed by atoms with Crippen molar-refractivity contribution in [3.05, 3.63) is 0 Å². The molecule has 0 aromatic carbocycles.